The van der Waals surface area contributed by atoms with Crippen LogP contribution in [0.4, 0.5) is 0 Å². The first-order chi connectivity index (χ1) is 13.1. The van der Waals surface area contributed by atoms with Crippen LogP contribution in [0.5, 0.6) is 0 Å². The fraction of sp³-hybridized carbons (Fsp3) is 0.286. The van der Waals surface area contributed by atoms with Crippen molar-refractivity contribution in [2.75, 3.05) is 7.05 Å². The Morgan fingerprint density at radius 2 is 2.00 bits per heavy atom. The highest BCUT2D eigenvalue weighted by Crippen LogP contribution is 2.39. The first-order valence-electron chi connectivity index (χ1n) is 9.06. The summed E-state index contributed by atoms with van der Waals surface area (Å²) in [6, 6.07) is 12.5. The molecule has 27 heavy (non-hydrogen) atoms. The molecule has 0 bridgehead atoms. The van der Waals surface area contributed by atoms with Gasteiger partial charge in [-0.15, -0.1) is 0 Å². The van der Waals surface area contributed by atoms with E-state index < -0.39 is 0 Å². The van der Waals surface area contributed by atoms with Crippen molar-refractivity contribution in [1.29, 1.82) is 0 Å². The first-order valence-corrected chi connectivity index (χ1v) is 9.47. The molecule has 2 atom stereocenters. The molecule has 0 saturated carbocycles. The van der Waals surface area contributed by atoms with Gasteiger partial charge in [0.1, 0.15) is 0 Å². The molecule has 1 fully saturated rings. The van der Waals surface area contributed by atoms with Crippen LogP contribution in [0.25, 0.3) is 0 Å². The summed E-state index contributed by atoms with van der Waals surface area (Å²) in [6.45, 7) is 5.15. The van der Waals surface area contributed by atoms with Gasteiger partial charge in [-0.1, -0.05) is 12.1 Å². The van der Waals surface area contributed by atoms with Crippen LogP contribution in [0, 0.1) is 13.8 Å². The van der Waals surface area contributed by atoms with E-state index in [1.54, 1.807) is 0 Å². The SMILES string of the molecule is Cc1cc([C@@H]2[C@@H](c3ccccn3)NC(=S)N2C)c(C)n1Cc1cccnc1. The minimum absolute atomic E-state index is 0.0380. The smallest absolute Gasteiger partial charge is 0.169 e. The molecule has 4 heterocycles. The predicted octanol–water partition coefficient (Wildman–Crippen LogP) is 3.55. The Balaban J connectivity index is 1.73. The molecule has 1 saturated heterocycles. The van der Waals surface area contributed by atoms with Crippen molar-refractivity contribution in [2.24, 2.45) is 0 Å². The third-order valence-corrected chi connectivity index (χ3v) is 5.74. The number of thiocarbonyl (C=S) groups is 1. The number of pyridine rings is 2. The van der Waals surface area contributed by atoms with Gasteiger partial charge < -0.3 is 14.8 Å². The number of likely N-dealkylation sites (N-methyl/N-ethyl adjacent to an activating group) is 1. The highest BCUT2D eigenvalue weighted by atomic mass is 32.1. The second-order valence-electron chi connectivity index (χ2n) is 7.01. The van der Waals surface area contributed by atoms with E-state index in [4.69, 9.17) is 12.2 Å². The van der Waals surface area contributed by atoms with Crippen molar-refractivity contribution in [2.45, 2.75) is 32.5 Å². The van der Waals surface area contributed by atoms with Gasteiger partial charge in [-0.05, 0) is 61.5 Å². The van der Waals surface area contributed by atoms with Crippen molar-refractivity contribution in [3.05, 3.63) is 83.2 Å². The molecule has 0 radical (unpaired) electrons. The largest absolute Gasteiger partial charge is 0.352 e. The summed E-state index contributed by atoms with van der Waals surface area (Å²) >= 11 is 5.56. The van der Waals surface area contributed by atoms with Gasteiger partial charge in [-0.3, -0.25) is 9.97 Å². The maximum Gasteiger partial charge on any atom is 0.169 e. The van der Waals surface area contributed by atoms with Gasteiger partial charge in [0.25, 0.3) is 0 Å². The Morgan fingerprint density at radius 1 is 1.15 bits per heavy atom. The van der Waals surface area contributed by atoms with Gasteiger partial charge >= 0.3 is 0 Å². The van der Waals surface area contributed by atoms with Crippen molar-refractivity contribution < 1.29 is 0 Å². The van der Waals surface area contributed by atoms with E-state index in [9.17, 15) is 0 Å². The number of hydrogen-bond acceptors (Lipinski definition) is 3. The Morgan fingerprint density at radius 3 is 2.70 bits per heavy atom. The van der Waals surface area contributed by atoms with E-state index in [1.165, 1.54) is 22.5 Å². The molecule has 0 unspecified atom stereocenters. The van der Waals surface area contributed by atoms with Crippen LogP contribution >= 0.6 is 12.2 Å². The summed E-state index contributed by atoms with van der Waals surface area (Å²) in [7, 11) is 2.05. The highest BCUT2D eigenvalue weighted by molar-refractivity contribution is 7.80. The molecule has 6 heteroatoms. The average Bonchev–Trinajstić information content (AvgIpc) is 3.13. The molecule has 5 nitrogen and oxygen atoms in total. The van der Waals surface area contributed by atoms with E-state index >= 15 is 0 Å². The quantitative estimate of drug-likeness (QED) is 0.705. The van der Waals surface area contributed by atoms with Gasteiger partial charge in [-0.25, -0.2) is 0 Å². The lowest BCUT2D eigenvalue weighted by Gasteiger charge is -2.24. The molecule has 138 valence electrons. The topological polar surface area (TPSA) is 46.0 Å². The number of hydrogen-bond donors (Lipinski definition) is 1. The van der Waals surface area contributed by atoms with Crippen molar-refractivity contribution >= 4 is 17.3 Å². The molecule has 3 aromatic heterocycles. The molecule has 1 aliphatic rings. The molecule has 0 spiro atoms. The molecule has 4 rings (SSSR count). The first kappa shape index (κ1) is 17.7. The van der Waals surface area contributed by atoms with Crippen molar-refractivity contribution in [1.82, 2.24) is 24.8 Å². The summed E-state index contributed by atoms with van der Waals surface area (Å²) in [5.41, 5.74) is 5.96. The van der Waals surface area contributed by atoms with Crippen LogP contribution in [-0.4, -0.2) is 31.6 Å². The minimum atomic E-state index is 0.0380. The monoisotopic (exact) mass is 377 g/mol. The summed E-state index contributed by atoms with van der Waals surface area (Å²) in [4.78, 5) is 11.0. The maximum absolute atomic E-state index is 5.56. The summed E-state index contributed by atoms with van der Waals surface area (Å²) in [5, 5.41) is 4.21. The zero-order valence-electron chi connectivity index (χ0n) is 15.8. The second-order valence-corrected chi connectivity index (χ2v) is 7.40. The van der Waals surface area contributed by atoms with Crippen molar-refractivity contribution in [3.8, 4) is 0 Å². The van der Waals surface area contributed by atoms with E-state index in [1.807, 2.05) is 36.8 Å². The molecule has 0 aliphatic carbocycles. The van der Waals surface area contributed by atoms with E-state index in [0.29, 0.717) is 0 Å². The molecular formula is C21H23N5S. The van der Waals surface area contributed by atoms with E-state index in [0.717, 1.165) is 17.4 Å². The standard InChI is InChI=1S/C21H23N5S/c1-14-11-17(15(2)26(14)13-16-7-6-9-22-12-16)20-19(24-21(27)25(20)3)18-8-4-5-10-23-18/h4-12,19-20H,13H2,1-3H3,(H,24,27)/t19-,20-/m1/s1. The summed E-state index contributed by atoms with van der Waals surface area (Å²) in [5.74, 6) is 0. The van der Waals surface area contributed by atoms with E-state index in [2.05, 4.69) is 63.8 Å². The van der Waals surface area contributed by atoms with Crippen LogP contribution in [0.1, 0.15) is 40.3 Å². The minimum Gasteiger partial charge on any atom is -0.352 e. The summed E-state index contributed by atoms with van der Waals surface area (Å²) < 4.78 is 2.34. The van der Waals surface area contributed by atoms with Gasteiger partial charge in [-0.2, -0.15) is 0 Å². The van der Waals surface area contributed by atoms with Crippen LogP contribution in [0.15, 0.2) is 55.0 Å². The number of rotatable bonds is 4. The zero-order valence-corrected chi connectivity index (χ0v) is 16.6. The fourth-order valence-corrected chi connectivity index (χ4v) is 4.13. The zero-order chi connectivity index (χ0) is 19.0. The van der Waals surface area contributed by atoms with Gasteiger partial charge in [0.15, 0.2) is 5.11 Å². The molecule has 0 aromatic carbocycles. The molecule has 0 amide bonds. The lowest BCUT2D eigenvalue weighted by atomic mass is 9.97. The second kappa shape index (κ2) is 7.12. The Labute approximate surface area is 165 Å². The number of aromatic nitrogens is 3. The molecule has 1 aliphatic heterocycles. The number of nitrogens with one attached hydrogen (secondary N) is 1. The maximum atomic E-state index is 5.56. The Kier molecular flexibility index (Phi) is 4.66. The summed E-state index contributed by atoms with van der Waals surface area (Å²) in [6.07, 6.45) is 5.57. The fourth-order valence-electron chi connectivity index (χ4n) is 3.89. The molecular weight excluding hydrogens is 354 g/mol. The highest BCUT2D eigenvalue weighted by Gasteiger charge is 2.39. The van der Waals surface area contributed by atoms with Crippen LogP contribution in [-0.2, 0) is 6.54 Å². The Hall–Kier alpha value is -2.73. The normalized spacial score (nSPS) is 19.4. The third-order valence-electron chi connectivity index (χ3n) is 5.33. The average molecular weight is 378 g/mol. The van der Waals surface area contributed by atoms with E-state index in [-0.39, 0.29) is 12.1 Å². The van der Waals surface area contributed by atoms with Crippen LogP contribution in [0.3, 0.4) is 0 Å². The number of aryl methyl sites for hydroxylation is 1. The van der Waals surface area contributed by atoms with Gasteiger partial charge in [0.2, 0.25) is 0 Å². The van der Waals surface area contributed by atoms with Gasteiger partial charge in [0.05, 0.1) is 17.8 Å². The lowest BCUT2D eigenvalue weighted by Crippen LogP contribution is -2.25. The number of nitrogens with zero attached hydrogens (tertiary/aromatic N) is 4. The van der Waals surface area contributed by atoms with Crippen LogP contribution in [0.2, 0.25) is 0 Å². The lowest BCUT2D eigenvalue weighted by molar-refractivity contribution is 0.366. The van der Waals surface area contributed by atoms with Crippen LogP contribution < -0.4 is 5.32 Å². The third kappa shape index (κ3) is 3.21. The van der Waals surface area contributed by atoms with Gasteiger partial charge in [0, 0.05) is 43.6 Å². The molecule has 3 aromatic rings. The molecule has 1 N–H and O–H groups in total. The Bertz CT molecular complexity index is 951. The van der Waals surface area contributed by atoms with Crippen molar-refractivity contribution in [3.63, 3.8) is 0 Å². The predicted molar refractivity (Wildman–Crippen MR) is 110 cm³/mol.